The Hall–Kier alpha value is -3.64. The molecular formula is C52H74CaO14S2. The van der Waals surface area contributed by atoms with Crippen LogP contribution in [0, 0.1) is 0 Å². The number of ether oxygens (including phenoxy) is 4. The van der Waals surface area contributed by atoms with Crippen molar-refractivity contribution in [2.75, 3.05) is 26.4 Å². The topological polar surface area (TPSA) is 220 Å². The van der Waals surface area contributed by atoms with Gasteiger partial charge in [-0.05, 0) is 127 Å². The first-order valence-electron chi connectivity index (χ1n) is 24.1. The molecule has 0 unspecified atom stereocenters. The monoisotopic (exact) mass is 1030 g/mol. The van der Waals surface area contributed by atoms with Crippen LogP contribution in [0.2, 0.25) is 0 Å². The SMILES string of the molecule is CCC/C=C/CCCCOC(=O)c1cccc(S(=O)(=O)[O-])c1C(=O)OCCCC/C=C/CCC.CCC/C=C/CCCCOC(=O)c1cccc(S(=O)(=O)[O-])c1C(=O)OCCCC/C=C/CCC.[Ca+2]. The summed E-state index contributed by atoms with van der Waals surface area (Å²) < 4.78 is 91.1. The van der Waals surface area contributed by atoms with Gasteiger partial charge in [-0.1, -0.05) is 114 Å². The second-order valence-corrected chi connectivity index (χ2v) is 18.5. The molecule has 0 saturated carbocycles. The van der Waals surface area contributed by atoms with Gasteiger partial charge < -0.3 is 28.1 Å². The molecule has 0 aliphatic carbocycles. The fourth-order valence-corrected chi connectivity index (χ4v) is 7.64. The number of benzene rings is 2. The molecule has 0 saturated heterocycles. The third kappa shape index (κ3) is 29.3. The molecule has 0 N–H and O–H groups in total. The molecule has 2 aromatic rings. The number of allylic oxidation sites excluding steroid dienone is 8. The Morgan fingerprint density at radius 2 is 0.652 bits per heavy atom. The van der Waals surface area contributed by atoms with Crippen LogP contribution in [0.15, 0.2) is 94.8 Å². The molecule has 0 aliphatic rings. The number of esters is 4. The molecule has 2 rings (SSSR count). The molecule has 380 valence electrons. The second kappa shape index (κ2) is 40.0. The summed E-state index contributed by atoms with van der Waals surface area (Å²) in [7, 11) is -10.00. The van der Waals surface area contributed by atoms with Gasteiger partial charge >= 0.3 is 61.6 Å². The summed E-state index contributed by atoms with van der Waals surface area (Å²) in [5, 5.41) is 0. The van der Waals surface area contributed by atoms with E-state index in [1.165, 1.54) is 24.3 Å². The molecule has 2 aromatic carbocycles. The van der Waals surface area contributed by atoms with Crippen molar-refractivity contribution < 1.29 is 64.1 Å². The molecule has 17 heteroatoms. The van der Waals surface area contributed by atoms with Gasteiger partial charge in [-0.15, -0.1) is 0 Å². The summed E-state index contributed by atoms with van der Waals surface area (Å²) in [5.74, 6) is -3.77. The quantitative estimate of drug-likeness (QED) is 0.0159. The number of unbranched alkanes of at least 4 members (excludes halogenated alkanes) is 12. The second-order valence-electron chi connectivity index (χ2n) is 15.8. The van der Waals surface area contributed by atoms with Crippen molar-refractivity contribution in [3.63, 3.8) is 0 Å². The normalized spacial score (nSPS) is 11.7. The summed E-state index contributed by atoms with van der Waals surface area (Å²) in [6.07, 6.45) is 34.2. The van der Waals surface area contributed by atoms with Gasteiger partial charge in [0.15, 0.2) is 0 Å². The maximum Gasteiger partial charge on any atom is 2.00 e. The van der Waals surface area contributed by atoms with Crippen molar-refractivity contribution in [1.82, 2.24) is 0 Å². The van der Waals surface area contributed by atoms with E-state index in [1.807, 2.05) is 0 Å². The van der Waals surface area contributed by atoms with Crippen LogP contribution in [0.3, 0.4) is 0 Å². The van der Waals surface area contributed by atoms with Crippen molar-refractivity contribution in [1.29, 1.82) is 0 Å². The Labute approximate surface area is 442 Å². The third-order valence-electron chi connectivity index (χ3n) is 9.92. The first kappa shape index (κ1) is 65.4. The van der Waals surface area contributed by atoms with E-state index >= 15 is 0 Å². The Bertz CT molecular complexity index is 1990. The van der Waals surface area contributed by atoms with Gasteiger partial charge in [0.25, 0.3) is 0 Å². The molecule has 0 heterocycles. The van der Waals surface area contributed by atoms with Gasteiger partial charge in [0.2, 0.25) is 0 Å². The Balaban J connectivity index is 0.00000132. The van der Waals surface area contributed by atoms with Gasteiger partial charge in [0.1, 0.15) is 20.2 Å². The van der Waals surface area contributed by atoms with E-state index in [2.05, 4.69) is 76.3 Å². The average Bonchev–Trinajstić information content (AvgIpc) is 3.31. The molecule has 14 nitrogen and oxygen atoms in total. The molecule has 0 spiro atoms. The zero-order valence-corrected chi connectivity index (χ0v) is 45.1. The first-order valence-corrected chi connectivity index (χ1v) is 26.9. The van der Waals surface area contributed by atoms with Crippen molar-refractivity contribution >= 4 is 81.9 Å². The zero-order valence-electron chi connectivity index (χ0n) is 41.3. The minimum Gasteiger partial charge on any atom is -0.744 e. The molecule has 0 bridgehead atoms. The van der Waals surface area contributed by atoms with Crippen LogP contribution in [0.4, 0.5) is 0 Å². The minimum absolute atomic E-state index is 0. The fraction of sp³-hybridized carbons (Fsp3) is 0.538. The van der Waals surface area contributed by atoms with Crippen LogP contribution in [0.5, 0.6) is 0 Å². The van der Waals surface area contributed by atoms with Crippen molar-refractivity contribution in [2.24, 2.45) is 0 Å². The molecule has 0 atom stereocenters. The molecule has 0 aromatic heterocycles. The van der Waals surface area contributed by atoms with Crippen LogP contribution >= 0.6 is 0 Å². The van der Waals surface area contributed by atoms with E-state index in [0.29, 0.717) is 25.7 Å². The molecule has 0 radical (unpaired) electrons. The smallest absolute Gasteiger partial charge is 0.744 e. The maximum atomic E-state index is 12.7. The van der Waals surface area contributed by atoms with E-state index in [9.17, 15) is 45.1 Å². The summed E-state index contributed by atoms with van der Waals surface area (Å²) >= 11 is 0. The fourth-order valence-electron chi connectivity index (χ4n) is 6.27. The van der Waals surface area contributed by atoms with E-state index in [0.717, 1.165) is 115 Å². The number of carbonyl (C=O) groups is 4. The third-order valence-corrected chi connectivity index (χ3v) is 11.7. The van der Waals surface area contributed by atoms with Crippen LogP contribution < -0.4 is 0 Å². The van der Waals surface area contributed by atoms with Gasteiger partial charge in [0, 0.05) is 0 Å². The molecule has 0 amide bonds. The zero-order chi connectivity index (χ0) is 50.5. The first-order chi connectivity index (χ1) is 32.6. The van der Waals surface area contributed by atoms with Gasteiger partial charge in [0.05, 0.1) is 58.5 Å². The van der Waals surface area contributed by atoms with Crippen LogP contribution in [0.25, 0.3) is 0 Å². The van der Waals surface area contributed by atoms with Crippen LogP contribution in [0.1, 0.15) is 198 Å². The number of rotatable bonds is 34. The van der Waals surface area contributed by atoms with E-state index < -0.39 is 65.0 Å². The molecule has 0 aliphatic heterocycles. The Morgan fingerprint density at radius 3 is 0.899 bits per heavy atom. The number of hydrogen-bond donors (Lipinski definition) is 0. The predicted octanol–water partition coefficient (Wildman–Crippen LogP) is 11.5. The number of hydrogen-bond acceptors (Lipinski definition) is 14. The van der Waals surface area contributed by atoms with E-state index in [-0.39, 0.29) is 75.3 Å². The minimum atomic E-state index is -5.00. The van der Waals surface area contributed by atoms with Crippen LogP contribution in [-0.4, -0.2) is 114 Å². The Kier molecular flexibility index (Phi) is 37.9. The van der Waals surface area contributed by atoms with Crippen molar-refractivity contribution in [3.05, 3.63) is 107 Å². The Morgan fingerprint density at radius 1 is 0.406 bits per heavy atom. The molecular weight excluding hydrogens is 953 g/mol. The standard InChI is InChI=1S/2C26H38O7S.Ca/c2*1-3-5-7-9-11-13-15-20-32-25(27)22-18-17-19-23(34(29,30)31)24(22)26(28)33-21-16-14-12-10-8-6-4-2;/h2*7-10,17-19H,3-6,11-16,20-21H2,1-2H3,(H,29,30,31);/q;;+2/p-2/b2*9-7+,10-8+;. The van der Waals surface area contributed by atoms with Gasteiger partial charge in [-0.25, -0.2) is 36.0 Å². The average molecular weight is 1030 g/mol. The van der Waals surface area contributed by atoms with Gasteiger partial charge in [-0.3, -0.25) is 0 Å². The summed E-state index contributed by atoms with van der Waals surface area (Å²) in [6.45, 7) is 8.75. The van der Waals surface area contributed by atoms with Crippen molar-refractivity contribution in [2.45, 2.75) is 166 Å². The number of carbonyl (C=O) groups excluding carboxylic acids is 4. The largest absolute Gasteiger partial charge is 2.00 e. The predicted molar refractivity (Wildman–Crippen MR) is 267 cm³/mol. The van der Waals surface area contributed by atoms with E-state index in [1.54, 1.807) is 0 Å². The van der Waals surface area contributed by atoms with E-state index in [4.69, 9.17) is 18.9 Å². The summed E-state index contributed by atoms with van der Waals surface area (Å²) in [4.78, 5) is 48.9. The van der Waals surface area contributed by atoms with Gasteiger partial charge in [-0.2, -0.15) is 0 Å². The molecule has 69 heavy (non-hydrogen) atoms. The maximum absolute atomic E-state index is 12.7. The van der Waals surface area contributed by atoms with Crippen molar-refractivity contribution in [3.8, 4) is 0 Å². The van der Waals surface area contributed by atoms with Crippen LogP contribution in [-0.2, 0) is 39.2 Å². The molecule has 0 fully saturated rings. The summed E-state index contributed by atoms with van der Waals surface area (Å²) in [6, 6.07) is 6.99. The summed E-state index contributed by atoms with van der Waals surface area (Å²) in [5.41, 5.74) is -1.69.